The summed E-state index contributed by atoms with van der Waals surface area (Å²) in [4.78, 5) is 55.2. The molecule has 3 aromatic rings. The zero-order chi connectivity index (χ0) is 31.1. The van der Waals surface area contributed by atoms with Crippen LogP contribution in [-0.4, -0.2) is 72.7 Å². The summed E-state index contributed by atoms with van der Waals surface area (Å²) in [6.45, 7) is 2.75. The summed E-state index contributed by atoms with van der Waals surface area (Å²) >= 11 is 6.16. The molecule has 0 fully saturated rings. The summed E-state index contributed by atoms with van der Waals surface area (Å²) < 4.78 is 0.608. The number of quaternary nitrogens is 1. The standard InChI is InChI=1S/C34H39ClN4O4/c1-23-20-27(14-15-28(23)35)36-33(42)29(18-19-39(2,3)4)37-34(43)30-21-25-12-8-9-13-26(25)22-38(30)32(41)17-16-31(40)24-10-6-5-7-11-24/h5-15,20,29-30H,16-19,21-22H2,1-4H3,(H-,36,37,42,43)/p+1/t29-,30-/m0/s1. The van der Waals surface area contributed by atoms with Crippen LogP contribution in [0.4, 0.5) is 5.69 Å². The van der Waals surface area contributed by atoms with E-state index in [1.807, 2.05) is 58.4 Å². The summed E-state index contributed by atoms with van der Waals surface area (Å²) in [7, 11) is 6.07. The maximum absolute atomic E-state index is 13.9. The summed E-state index contributed by atoms with van der Waals surface area (Å²) in [5.74, 6) is -1.14. The fourth-order valence-corrected chi connectivity index (χ4v) is 5.27. The van der Waals surface area contributed by atoms with Crippen LogP contribution in [0.2, 0.25) is 5.02 Å². The Morgan fingerprint density at radius 1 is 0.930 bits per heavy atom. The second kappa shape index (κ2) is 14.0. The lowest BCUT2D eigenvalue weighted by molar-refractivity contribution is -0.870. The highest BCUT2D eigenvalue weighted by atomic mass is 35.5. The van der Waals surface area contributed by atoms with Gasteiger partial charge in [0.15, 0.2) is 5.78 Å². The number of carbonyl (C=O) groups is 4. The third kappa shape index (κ3) is 8.75. The number of nitrogens with one attached hydrogen (secondary N) is 2. The van der Waals surface area contributed by atoms with Crippen LogP contribution in [0, 0.1) is 6.92 Å². The van der Waals surface area contributed by atoms with Crippen molar-refractivity contribution in [2.45, 2.75) is 51.2 Å². The molecule has 1 aliphatic rings. The van der Waals surface area contributed by atoms with E-state index in [0.717, 1.165) is 16.7 Å². The molecule has 3 amide bonds. The van der Waals surface area contributed by atoms with Gasteiger partial charge in [0, 0.05) is 48.5 Å². The normalized spacial score (nSPS) is 15.3. The van der Waals surface area contributed by atoms with Gasteiger partial charge in [-0.1, -0.05) is 66.2 Å². The van der Waals surface area contributed by atoms with Crippen LogP contribution < -0.4 is 10.6 Å². The predicted octanol–water partition coefficient (Wildman–Crippen LogP) is 4.78. The third-order valence-corrected chi connectivity index (χ3v) is 8.10. The number of hydrogen-bond donors (Lipinski definition) is 2. The van der Waals surface area contributed by atoms with Crippen LogP contribution >= 0.6 is 11.6 Å². The van der Waals surface area contributed by atoms with Gasteiger partial charge >= 0.3 is 0 Å². The quantitative estimate of drug-likeness (QED) is 0.243. The number of ketones is 1. The van der Waals surface area contributed by atoms with E-state index in [4.69, 9.17) is 11.6 Å². The summed E-state index contributed by atoms with van der Waals surface area (Å²) in [5, 5.41) is 6.48. The van der Waals surface area contributed by atoms with E-state index in [2.05, 4.69) is 10.6 Å². The number of nitrogens with zero attached hydrogens (tertiary/aromatic N) is 2. The number of fused-ring (bicyclic) bond motifs is 1. The molecule has 0 bridgehead atoms. The van der Waals surface area contributed by atoms with E-state index in [0.29, 0.717) is 40.1 Å². The number of amides is 3. The van der Waals surface area contributed by atoms with E-state index >= 15 is 0 Å². The largest absolute Gasteiger partial charge is 0.342 e. The topological polar surface area (TPSA) is 95.6 Å². The summed E-state index contributed by atoms with van der Waals surface area (Å²) in [6, 6.07) is 20.2. The number of anilines is 1. The van der Waals surface area contributed by atoms with Crippen molar-refractivity contribution >= 4 is 40.8 Å². The molecule has 0 unspecified atom stereocenters. The van der Waals surface area contributed by atoms with Crippen LogP contribution in [0.25, 0.3) is 0 Å². The first-order valence-corrected chi connectivity index (χ1v) is 14.9. The molecule has 226 valence electrons. The van der Waals surface area contributed by atoms with Crippen molar-refractivity contribution in [1.82, 2.24) is 10.2 Å². The molecular formula is C34H40ClN4O4+. The number of rotatable bonds is 11. The lowest BCUT2D eigenvalue weighted by atomic mass is 9.92. The van der Waals surface area contributed by atoms with Gasteiger partial charge in [-0.15, -0.1) is 0 Å². The van der Waals surface area contributed by atoms with Gasteiger partial charge in [-0.3, -0.25) is 19.2 Å². The van der Waals surface area contributed by atoms with Crippen molar-refractivity contribution in [3.05, 3.63) is 100 Å². The minimum atomic E-state index is -0.824. The Kier molecular flexibility index (Phi) is 10.4. The lowest BCUT2D eigenvalue weighted by Gasteiger charge is -2.37. The average molecular weight is 604 g/mol. The Bertz CT molecular complexity index is 1490. The second-order valence-electron chi connectivity index (χ2n) is 12.1. The first-order valence-electron chi connectivity index (χ1n) is 14.5. The minimum Gasteiger partial charge on any atom is -0.342 e. The molecule has 0 saturated carbocycles. The highest BCUT2D eigenvalue weighted by molar-refractivity contribution is 6.31. The lowest BCUT2D eigenvalue weighted by Crippen LogP contribution is -2.56. The van der Waals surface area contributed by atoms with Crippen LogP contribution in [0.5, 0.6) is 0 Å². The highest BCUT2D eigenvalue weighted by Crippen LogP contribution is 2.25. The van der Waals surface area contributed by atoms with Crippen molar-refractivity contribution in [3.8, 4) is 0 Å². The number of carbonyl (C=O) groups excluding carboxylic acids is 4. The number of halogens is 1. The minimum absolute atomic E-state index is 0.0129. The molecule has 4 rings (SSSR count). The molecule has 2 atom stereocenters. The molecule has 0 aliphatic carbocycles. The van der Waals surface area contributed by atoms with Gasteiger partial charge in [0.1, 0.15) is 12.1 Å². The number of aryl methyl sites for hydroxylation is 1. The van der Waals surface area contributed by atoms with Crippen molar-refractivity contribution in [1.29, 1.82) is 0 Å². The van der Waals surface area contributed by atoms with Crippen LogP contribution in [-0.2, 0) is 27.3 Å². The Morgan fingerprint density at radius 2 is 1.60 bits per heavy atom. The third-order valence-electron chi connectivity index (χ3n) is 7.68. The first-order chi connectivity index (χ1) is 20.4. The molecule has 8 nitrogen and oxygen atoms in total. The SMILES string of the molecule is Cc1cc(NC(=O)[C@H](CC[N+](C)(C)C)NC(=O)[C@@H]2Cc3ccccc3CN2C(=O)CCC(=O)c2ccccc2)ccc1Cl. The average Bonchev–Trinajstić information content (AvgIpc) is 2.98. The highest BCUT2D eigenvalue weighted by Gasteiger charge is 2.36. The van der Waals surface area contributed by atoms with E-state index < -0.39 is 18.0 Å². The molecule has 43 heavy (non-hydrogen) atoms. The molecule has 9 heteroatoms. The molecular weight excluding hydrogens is 564 g/mol. The van der Waals surface area contributed by atoms with Gasteiger partial charge in [0.2, 0.25) is 17.7 Å². The molecule has 2 N–H and O–H groups in total. The van der Waals surface area contributed by atoms with Crippen molar-refractivity contribution in [2.75, 3.05) is 33.0 Å². The van der Waals surface area contributed by atoms with Gasteiger partial charge < -0.3 is 20.0 Å². The van der Waals surface area contributed by atoms with E-state index in [9.17, 15) is 19.2 Å². The smallest absolute Gasteiger partial charge is 0.247 e. The second-order valence-corrected chi connectivity index (χ2v) is 12.5. The number of benzene rings is 3. The summed E-state index contributed by atoms with van der Waals surface area (Å²) in [6.07, 6.45) is 0.752. The van der Waals surface area contributed by atoms with Gasteiger partial charge in [-0.05, 0) is 41.8 Å². The fourth-order valence-electron chi connectivity index (χ4n) is 5.16. The zero-order valence-electron chi connectivity index (χ0n) is 25.2. The molecule has 0 aromatic heterocycles. The molecule has 1 aliphatic heterocycles. The fraction of sp³-hybridized carbons (Fsp3) is 0.353. The maximum atomic E-state index is 13.9. The summed E-state index contributed by atoms with van der Waals surface area (Å²) in [5.41, 5.74) is 3.91. The predicted molar refractivity (Wildman–Crippen MR) is 169 cm³/mol. The van der Waals surface area contributed by atoms with Crippen molar-refractivity contribution in [3.63, 3.8) is 0 Å². The molecule has 0 saturated heterocycles. The Hall–Kier alpha value is -4.01. The van der Waals surface area contributed by atoms with Gasteiger partial charge in [-0.2, -0.15) is 0 Å². The van der Waals surface area contributed by atoms with Crippen LogP contribution in [0.3, 0.4) is 0 Å². The molecule has 0 radical (unpaired) electrons. The Morgan fingerprint density at radius 3 is 2.28 bits per heavy atom. The van der Waals surface area contributed by atoms with Gasteiger partial charge in [0.05, 0.1) is 27.7 Å². The van der Waals surface area contributed by atoms with Crippen LogP contribution in [0.15, 0.2) is 72.8 Å². The van der Waals surface area contributed by atoms with E-state index in [-0.39, 0.29) is 37.0 Å². The Labute approximate surface area is 258 Å². The molecule has 0 spiro atoms. The molecule has 3 aromatic carbocycles. The number of hydrogen-bond acceptors (Lipinski definition) is 4. The van der Waals surface area contributed by atoms with Gasteiger partial charge in [-0.25, -0.2) is 0 Å². The first kappa shape index (κ1) is 31.9. The monoisotopic (exact) mass is 603 g/mol. The van der Waals surface area contributed by atoms with Crippen LogP contribution in [0.1, 0.15) is 46.3 Å². The zero-order valence-corrected chi connectivity index (χ0v) is 26.0. The van der Waals surface area contributed by atoms with E-state index in [1.54, 1.807) is 47.4 Å². The molecule has 1 heterocycles. The Balaban J connectivity index is 1.53. The number of Topliss-reactive ketones (excluding diaryl/α,β-unsaturated/α-hetero) is 1. The van der Waals surface area contributed by atoms with Crippen molar-refractivity contribution in [2.24, 2.45) is 0 Å². The van der Waals surface area contributed by atoms with E-state index in [1.165, 1.54) is 0 Å². The van der Waals surface area contributed by atoms with Gasteiger partial charge in [0.25, 0.3) is 0 Å². The maximum Gasteiger partial charge on any atom is 0.247 e. The van der Waals surface area contributed by atoms with Crippen molar-refractivity contribution < 1.29 is 23.7 Å².